The molecule has 9 heteroatoms. The lowest BCUT2D eigenvalue weighted by Gasteiger charge is -2.14. The second-order valence-electron chi connectivity index (χ2n) is 4.12. The van der Waals surface area contributed by atoms with Crippen molar-refractivity contribution in [1.29, 1.82) is 0 Å². The summed E-state index contributed by atoms with van der Waals surface area (Å²) in [6.45, 7) is -0.0120. The predicted octanol–water partition coefficient (Wildman–Crippen LogP) is 1.58. The van der Waals surface area contributed by atoms with Gasteiger partial charge >= 0.3 is 5.97 Å². The number of nitrogens with one attached hydrogen (secondary N) is 1. The molecule has 0 bridgehead atoms. The molecule has 0 saturated carbocycles. The summed E-state index contributed by atoms with van der Waals surface area (Å²) in [7, 11) is 1.34. The molecule has 0 aliphatic rings. The normalized spacial score (nSPS) is 11.7. The fraction of sp³-hybridized carbons (Fsp3) is 0.333. The molecule has 0 aliphatic heterocycles. The minimum Gasteiger partial charge on any atom is -0.481 e. The number of carbonyl (C=O) groups excluding carboxylic acids is 1. The Morgan fingerprint density at radius 2 is 2.14 bits per heavy atom. The standard InChI is InChI=1S/C12H13BrN2O6/c1-21-10(5-11(16)17)6-14-12(18)7-2-8(13)4-9(3-7)15(19)20/h2-4,10H,5-6H2,1H3,(H,14,18)(H,16,17). The van der Waals surface area contributed by atoms with Gasteiger partial charge in [-0.3, -0.25) is 19.7 Å². The Morgan fingerprint density at radius 1 is 1.48 bits per heavy atom. The number of carboxylic acids is 1. The van der Waals surface area contributed by atoms with Gasteiger partial charge in [0.25, 0.3) is 11.6 Å². The Labute approximate surface area is 128 Å². The second kappa shape index (κ2) is 7.70. The third kappa shape index (κ3) is 5.48. The highest BCUT2D eigenvalue weighted by molar-refractivity contribution is 9.10. The van der Waals surface area contributed by atoms with E-state index in [4.69, 9.17) is 9.84 Å². The van der Waals surface area contributed by atoms with E-state index in [2.05, 4.69) is 21.2 Å². The molecule has 0 aromatic heterocycles. The number of nitrogens with zero attached hydrogens (tertiary/aromatic N) is 1. The molecule has 2 N–H and O–H groups in total. The number of carbonyl (C=O) groups is 2. The summed E-state index contributed by atoms with van der Waals surface area (Å²) >= 11 is 3.09. The number of benzene rings is 1. The van der Waals surface area contributed by atoms with Gasteiger partial charge in [-0.25, -0.2) is 0 Å². The molecule has 1 amide bonds. The molecule has 1 atom stereocenters. The Morgan fingerprint density at radius 3 is 2.67 bits per heavy atom. The van der Waals surface area contributed by atoms with Gasteiger partial charge in [-0.2, -0.15) is 0 Å². The van der Waals surface area contributed by atoms with E-state index in [1.54, 1.807) is 0 Å². The fourth-order valence-corrected chi connectivity index (χ4v) is 2.03. The van der Waals surface area contributed by atoms with Crippen LogP contribution in [0.4, 0.5) is 5.69 Å². The maximum absolute atomic E-state index is 11.9. The van der Waals surface area contributed by atoms with Crippen molar-refractivity contribution < 1.29 is 24.4 Å². The van der Waals surface area contributed by atoms with Gasteiger partial charge in [0.05, 0.1) is 17.4 Å². The van der Waals surface area contributed by atoms with Crippen molar-refractivity contribution in [2.45, 2.75) is 12.5 Å². The van der Waals surface area contributed by atoms with Crippen molar-refractivity contribution in [1.82, 2.24) is 5.32 Å². The first-order chi connectivity index (χ1) is 9.83. The van der Waals surface area contributed by atoms with Crippen molar-refractivity contribution in [3.05, 3.63) is 38.3 Å². The number of methoxy groups -OCH3 is 1. The SMILES string of the molecule is COC(CNC(=O)c1cc(Br)cc([N+](=O)[O-])c1)CC(=O)O. The number of hydrogen-bond acceptors (Lipinski definition) is 5. The van der Waals surface area contributed by atoms with Gasteiger partial charge in [-0.15, -0.1) is 0 Å². The zero-order chi connectivity index (χ0) is 16.0. The van der Waals surface area contributed by atoms with Crippen molar-refractivity contribution in [3.63, 3.8) is 0 Å². The van der Waals surface area contributed by atoms with E-state index in [1.807, 2.05) is 0 Å². The molecule has 0 heterocycles. The predicted molar refractivity (Wildman–Crippen MR) is 76.2 cm³/mol. The van der Waals surface area contributed by atoms with Crippen LogP contribution in [-0.4, -0.2) is 41.7 Å². The minimum absolute atomic E-state index is 0.0120. The van der Waals surface area contributed by atoms with Crippen LogP contribution >= 0.6 is 15.9 Å². The Kier molecular flexibility index (Phi) is 6.25. The van der Waals surface area contributed by atoms with Gasteiger partial charge in [-0.05, 0) is 6.07 Å². The summed E-state index contributed by atoms with van der Waals surface area (Å²) in [5.41, 5.74) is -0.121. The molecular formula is C12H13BrN2O6. The van der Waals surface area contributed by atoms with Crippen LogP contribution in [0.15, 0.2) is 22.7 Å². The summed E-state index contributed by atoms with van der Waals surface area (Å²) < 4.78 is 5.32. The molecule has 0 aliphatic carbocycles. The van der Waals surface area contributed by atoms with E-state index < -0.39 is 22.9 Å². The second-order valence-corrected chi connectivity index (χ2v) is 5.04. The quantitative estimate of drug-likeness (QED) is 0.562. The Balaban J connectivity index is 2.75. The van der Waals surface area contributed by atoms with Gasteiger partial charge in [0.2, 0.25) is 0 Å². The maximum atomic E-state index is 11.9. The van der Waals surface area contributed by atoms with Crippen LogP contribution in [-0.2, 0) is 9.53 Å². The van der Waals surface area contributed by atoms with E-state index >= 15 is 0 Å². The molecule has 8 nitrogen and oxygen atoms in total. The van der Waals surface area contributed by atoms with Crippen LogP contribution in [0.1, 0.15) is 16.8 Å². The maximum Gasteiger partial charge on any atom is 0.306 e. The van der Waals surface area contributed by atoms with Crippen LogP contribution in [0.2, 0.25) is 0 Å². The summed E-state index contributed by atoms with van der Waals surface area (Å²) in [5, 5.41) is 21.9. The first-order valence-electron chi connectivity index (χ1n) is 5.81. The monoisotopic (exact) mass is 360 g/mol. The highest BCUT2D eigenvalue weighted by Gasteiger charge is 2.17. The van der Waals surface area contributed by atoms with Gasteiger partial charge in [0.15, 0.2) is 0 Å². The summed E-state index contributed by atoms with van der Waals surface area (Å²) in [6, 6.07) is 3.85. The van der Waals surface area contributed by atoms with E-state index in [0.717, 1.165) is 6.07 Å². The molecule has 0 saturated heterocycles. The molecule has 21 heavy (non-hydrogen) atoms. The average molecular weight is 361 g/mol. The molecule has 1 rings (SSSR count). The van der Waals surface area contributed by atoms with Gasteiger partial charge in [-0.1, -0.05) is 15.9 Å². The first kappa shape index (κ1) is 17.1. The van der Waals surface area contributed by atoms with Crippen LogP contribution in [0, 0.1) is 10.1 Å². The lowest BCUT2D eigenvalue weighted by atomic mass is 10.2. The van der Waals surface area contributed by atoms with Gasteiger partial charge in [0, 0.05) is 35.8 Å². The van der Waals surface area contributed by atoms with Gasteiger partial charge < -0.3 is 15.2 Å². The minimum atomic E-state index is -1.05. The zero-order valence-corrected chi connectivity index (χ0v) is 12.6. The highest BCUT2D eigenvalue weighted by atomic mass is 79.9. The Bertz CT molecular complexity index is 563. The molecule has 0 spiro atoms. The number of nitro groups is 1. The van der Waals surface area contributed by atoms with Crippen molar-refractivity contribution in [3.8, 4) is 0 Å². The lowest BCUT2D eigenvalue weighted by Crippen LogP contribution is -2.34. The Hall–Kier alpha value is -2.00. The number of amides is 1. The number of ether oxygens (including phenoxy) is 1. The molecule has 114 valence electrons. The number of aliphatic carboxylic acids is 1. The van der Waals surface area contributed by atoms with Crippen molar-refractivity contribution in [2.24, 2.45) is 0 Å². The summed E-state index contributed by atoms with van der Waals surface area (Å²) in [6.07, 6.45) is -0.927. The zero-order valence-electron chi connectivity index (χ0n) is 11.0. The van der Waals surface area contributed by atoms with Crippen LogP contribution < -0.4 is 5.32 Å². The highest BCUT2D eigenvalue weighted by Crippen LogP contribution is 2.21. The van der Waals surface area contributed by atoms with Crippen LogP contribution in [0.25, 0.3) is 0 Å². The summed E-state index contributed by atoms with van der Waals surface area (Å²) in [4.78, 5) is 32.6. The molecule has 1 aromatic carbocycles. The largest absolute Gasteiger partial charge is 0.481 e. The number of nitro benzene ring substituents is 1. The van der Waals surface area contributed by atoms with Crippen LogP contribution in [0.5, 0.6) is 0 Å². The number of non-ortho nitro benzene ring substituents is 1. The van der Waals surface area contributed by atoms with Crippen molar-refractivity contribution in [2.75, 3.05) is 13.7 Å². The van der Waals surface area contributed by atoms with E-state index in [1.165, 1.54) is 19.2 Å². The lowest BCUT2D eigenvalue weighted by molar-refractivity contribution is -0.385. The molecule has 1 aromatic rings. The fourth-order valence-electron chi connectivity index (χ4n) is 1.55. The van der Waals surface area contributed by atoms with Crippen LogP contribution in [0.3, 0.4) is 0 Å². The topological polar surface area (TPSA) is 119 Å². The van der Waals surface area contributed by atoms with Gasteiger partial charge in [0.1, 0.15) is 0 Å². The number of hydrogen-bond donors (Lipinski definition) is 2. The molecule has 1 unspecified atom stereocenters. The molecular weight excluding hydrogens is 348 g/mol. The van der Waals surface area contributed by atoms with E-state index in [0.29, 0.717) is 4.47 Å². The first-order valence-corrected chi connectivity index (χ1v) is 6.60. The summed E-state index contributed by atoms with van der Waals surface area (Å²) in [5.74, 6) is -1.60. The van der Waals surface area contributed by atoms with E-state index in [9.17, 15) is 19.7 Å². The number of halogens is 1. The third-order valence-electron chi connectivity index (χ3n) is 2.58. The smallest absolute Gasteiger partial charge is 0.306 e. The van der Waals surface area contributed by atoms with E-state index in [-0.39, 0.29) is 24.2 Å². The third-order valence-corrected chi connectivity index (χ3v) is 3.04. The molecule has 0 radical (unpaired) electrons. The number of rotatable bonds is 7. The average Bonchev–Trinajstić information content (AvgIpc) is 2.41. The van der Waals surface area contributed by atoms with Crippen molar-refractivity contribution >= 4 is 33.5 Å². The molecule has 0 fully saturated rings. The number of carboxylic acid groups (broad SMARTS) is 1.